The van der Waals surface area contributed by atoms with Crippen LogP contribution < -0.4 is 15.8 Å². The van der Waals surface area contributed by atoms with Crippen LogP contribution in [0.5, 0.6) is 5.75 Å². The molecule has 122 valence electrons. The number of alkyl carbamates (subject to hydrolysis) is 1. The van der Waals surface area contributed by atoms with Gasteiger partial charge in [-0.1, -0.05) is 15.9 Å². The quantitative estimate of drug-likeness (QED) is 0.682. The molecular formula is C14H19BrN2O5. The Morgan fingerprint density at radius 2 is 2.05 bits per heavy atom. The number of nitrogens with two attached hydrogens (primary N) is 1. The van der Waals surface area contributed by atoms with E-state index in [4.69, 9.17) is 20.3 Å². The molecule has 0 saturated carbocycles. The second kappa shape index (κ2) is 7.35. The first kappa shape index (κ1) is 18.1. The Labute approximate surface area is 136 Å². The Hall–Kier alpha value is -1.96. The highest BCUT2D eigenvalue weighted by molar-refractivity contribution is 9.10. The molecule has 0 aliphatic heterocycles. The zero-order valence-corrected chi connectivity index (χ0v) is 14.1. The molecule has 1 atom stereocenters. The van der Waals surface area contributed by atoms with Crippen LogP contribution in [0.2, 0.25) is 0 Å². The molecule has 0 radical (unpaired) electrons. The summed E-state index contributed by atoms with van der Waals surface area (Å²) in [5.41, 5.74) is 5.39. The molecule has 1 aromatic carbocycles. The van der Waals surface area contributed by atoms with Crippen LogP contribution in [0.1, 0.15) is 20.8 Å². The van der Waals surface area contributed by atoms with Crippen molar-refractivity contribution >= 4 is 33.7 Å². The second-order valence-corrected chi connectivity index (χ2v) is 6.45. The molecule has 0 spiro atoms. The van der Waals surface area contributed by atoms with Gasteiger partial charge in [0.15, 0.2) is 6.04 Å². The number of nitrogen functional groups attached to an aromatic ring is 1. The van der Waals surface area contributed by atoms with Crippen molar-refractivity contribution in [3.05, 3.63) is 22.7 Å². The third kappa shape index (κ3) is 6.21. The van der Waals surface area contributed by atoms with Gasteiger partial charge in [-0.25, -0.2) is 9.59 Å². The number of halogens is 1. The van der Waals surface area contributed by atoms with E-state index in [-0.39, 0.29) is 6.61 Å². The van der Waals surface area contributed by atoms with Crippen molar-refractivity contribution < 1.29 is 24.2 Å². The molecular weight excluding hydrogens is 356 g/mol. The third-order valence-electron chi connectivity index (χ3n) is 2.37. The van der Waals surface area contributed by atoms with E-state index in [2.05, 4.69) is 21.2 Å². The Kier molecular flexibility index (Phi) is 6.04. The number of amides is 1. The van der Waals surface area contributed by atoms with E-state index in [1.165, 1.54) is 0 Å². The number of aliphatic carboxylic acids is 1. The van der Waals surface area contributed by atoms with E-state index in [9.17, 15) is 9.59 Å². The predicted octanol–water partition coefficient (Wildman–Crippen LogP) is 2.39. The van der Waals surface area contributed by atoms with Gasteiger partial charge in [0.25, 0.3) is 0 Å². The number of rotatable bonds is 5. The lowest BCUT2D eigenvalue weighted by Crippen LogP contribution is -2.46. The van der Waals surface area contributed by atoms with Crippen LogP contribution >= 0.6 is 15.9 Å². The van der Waals surface area contributed by atoms with Gasteiger partial charge in [-0.3, -0.25) is 0 Å². The van der Waals surface area contributed by atoms with Crippen LogP contribution in [0.15, 0.2) is 22.7 Å². The molecule has 8 heteroatoms. The number of benzene rings is 1. The van der Waals surface area contributed by atoms with Crippen LogP contribution in [0.3, 0.4) is 0 Å². The van der Waals surface area contributed by atoms with Crippen molar-refractivity contribution in [3.63, 3.8) is 0 Å². The predicted molar refractivity (Wildman–Crippen MR) is 84.8 cm³/mol. The summed E-state index contributed by atoms with van der Waals surface area (Å²) in [6, 6.07) is 3.69. The molecule has 0 aromatic heterocycles. The maximum Gasteiger partial charge on any atom is 0.408 e. The number of carboxylic acids is 1. The van der Waals surface area contributed by atoms with E-state index in [1.807, 2.05) is 0 Å². The number of ether oxygens (including phenoxy) is 2. The normalized spacial score (nSPS) is 12.4. The first-order valence-corrected chi connectivity index (χ1v) is 7.28. The summed E-state index contributed by atoms with van der Waals surface area (Å²) < 4.78 is 11.1. The van der Waals surface area contributed by atoms with Gasteiger partial charge in [0.1, 0.15) is 18.0 Å². The molecule has 0 saturated heterocycles. The summed E-state index contributed by atoms with van der Waals surface area (Å²) in [6.07, 6.45) is -0.827. The highest BCUT2D eigenvalue weighted by Crippen LogP contribution is 2.25. The largest absolute Gasteiger partial charge is 0.489 e. The molecule has 0 aliphatic carbocycles. The smallest absolute Gasteiger partial charge is 0.408 e. The average Bonchev–Trinajstić information content (AvgIpc) is 2.33. The summed E-state index contributed by atoms with van der Waals surface area (Å²) in [5, 5.41) is 11.4. The summed E-state index contributed by atoms with van der Waals surface area (Å²) in [4.78, 5) is 22.8. The lowest BCUT2D eigenvalue weighted by Gasteiger charge is -2.22. The van der Waals surface area contributed by atoms with Crippen LogP contribution in [0, 0.1) is 0 Å². The van der Waals surface area contributed by atoms with Gasteiger partial charge >= 0.3 is 12.1 Å². The average molecular weight is 375 g/mol. The van der Waals surface area contributed by atoms with E-state index in [0.717, 1.165) is 4.47 Å². The van der Waals surface area contributed by atoms with Gasteiger partial charge in [-0.05, 0) is 39.0 Å². The van der Waals surface area contributed by atoms with Crippen LogP contribution in [-0.2, 0) is 9.53 Å². The Morgan fingerprint density at radius 1 is 1.41 bits per heavy atom. The topological polar surface area (TPSA) is 111 Å². The zero-order valence-electron chi connectivity index (χ0n) is 12.6. The van der Waals surface area contributed by atoms with Crippen molar-refractivity contribution in [2.45, 2.75) is 32.4 Å². The van der Waals surface area contributed by atoms with E-state index in [0.29, 0.717) is 11.4 Å². The Morgan fingerprint density at radius 3 is 2.55 bits per heavy atom. The molecule has 0 bridgehead atoms. The molecule has 1 aromatic rings. The number of nitrogens with one attached hydrogen (secondary N) is 1. The SMILES string of the molecule is CC(C)(C)OC(=O)N[C@@H](COc1ccc(Br)cc1N)C(=O)O. The molecule has 1 amide bonds. The first-order chi connectivity index (χ1) is 10.1. The Balaban J connectivity index is 2.65. The van der Waals surface area contributed by atoms with Gasteiger partial charge in [0, 0.05) is 4.47 Å². The molecule has 0 unspecified atom stereocenters. The number of anilines is 1. The minimum atomic E-state index is -1.25. The van der Waals surface area contributed by atoms with Crippen LogP contribution in [-0.4, -0.2) is 35.4 Å². The number of carbonyl (C=O) groups excluding carboxylic acids is 1. The van der Waals surface area contributed by atoms with Crippen LogP contribution in [0.25, 0.3) is 0 Å². The van der Waals surface area contributed by atoms with Gasteiger partial charge in [-0.2, -0.15) is 0 Å². The van der Waals surface area contributed by atoms with Crippen molar-refractivity contribution in [3.8, 4) is 5.75 Å². The van der Waals surface area contributed by atoms with Gasteiger partial charge in [0.2, 0.25) is 0 Å². The Bertz CT molecular complexity index is 557. The maximum absolute atomic E-state index is 11.6. The summed E-state index contributed by atoms with van der Waals surface area (Å²) in [5.74, 6) is -0.901. The monoisotopic (exact) mass is 374 g/mol. The first-order valence-electron chi connectivity index (χ1n) is 6.48. The lowest BCUT2D eigenvalue weighted by atomic mass is 10.2. The van der Waals surface area contributed by atoms with Gasteiger partial charge < -0.3 is 25.6 Å². The van der Waals surface area contributed by atoms with Crippen molar-refractivity contribution in [2.24, 2.45) is 0 Å². The van der Waals surface area contributed by atoms with Crippen molar-refractivity contribution in [2.75, 3.05) is 12.3 Å². The molecule has 0 heterocycles. The molecule has 4 N–H and O–H groups in total. The molecule has 0 fully saturated rings. The van der Waals surface area contributed by atoms with Crippen molar-refractivity contribution in [1.82, 2.24) is 5.32 Å². The number of carbonyl (C=O) groups is 2. The van der Waals surface area contributed by atoms with E-state index in [1.54, 1.807) is 39.0 Å². The second-order valence-electron chi connectivity index (χ2n) is 5.53. The number of hydrogen-bond acceptors (Lipinski definition) is 5. The fourth-order valence-electron chi connectivity index (χ4n) is 1.45. The lowest BCUT2D eigenvalue weighted by molar-refractivity contribution is -0.140. The number of hydrogen-bond donors (Lipinski definition) is 3. The molecule has 22 heavy (non-hydrogen) atoms. The summed E-state index contributed by atoms with van der Waals surface area (Å²) in [6.45, 7) is 4.77. The third-order valence-corrected chi connectivity index (χ3v) is 2.86. The highest BCUT2D eigenvalue weighted by atomic mass is 79.9. The fourth-order valence-corrected chi connectivity index (χ4v) is 1.83. The standard InChI is InChI=1S/C14H19BrN2O5/c1-14(2,3)22-13(20)17-10(12(18)19)7-21-11-5-4-8(15)6-9(11)16/h4-6,10H,7,16H2,1-3H3,(H,17,20)(H,18,19)/t10-/m0/s1. The number of carboxylic acid groups (broad SMARTS) is 1. The van der Waals surface area contributed by atoms with Crippen molar-refractivity contribution in [1.29, 1.82) is 0 Å². The fraction of sp³-hybridized carbons (Fsp3) is 0.429. The minimum Gasteiger partial charge on any atom is -0.489 e. The van der Waals surface area contributed by atoms with E-state index >= 15 is 0 Å². The van der Waals surface area contributed by atoms with Gasteiger partial charge in [-0.15, -0.1) is 0 Å². The zero-order chi connectivity index (χ0) is 16.9. The van der Waals surface area contributed by atoms with Gasteiger partial charge in [0.05, 0.1) is 5.69 Å². The van der Waals surface area contributed by atoms with E-state index < -0.39 is 23.7 Å². The van der Waals surface area contributed by atoms with Crippen LogP contribution in [0.4, 0.5) is 10.5 Å². The highest BCUT2D eigenvalue weighted by Gasteiger charge is 2.24. The molecule has 0 aliphatic rings. The minimum absolute atomic E-state index is 0.277. The molecule has 7 nitrogen and oxygen atoms in total. The summed E-state index contributed by atoms with van der Waals surface area (Å²) >= 11 is 3.26. The molecule has 1 rings (SSSR count). The maximum atomic E-state index is 11.6. The summed E-state index contributed by atoms with van der Waals surface area (Å²) in [7, 11) is 0.